The Balaban J connectivity index is 0.00000182. The summed E-state index contributed by atoms with van der Waals surface area (Å²) in [7, 11) is 0. The zero-order valence-electron chi connectivity index (χ0n) is 15.0. The second-order valence-corrected chi connectivity index (χ2v) is 7.25. The summed E-state index contributed by atoms with van der Waals surface area (Å²) in [5.74, 6) is 0.853. The maximum absolute atomic E-state index is 12.9. The Kier molecular flexibility index (Phi) is 10.0. The van der Waals surface area contributed by atoms with Gasteiger partial charge in [-0.25, -0.2) is 9.37 Å². The Morgan fingerprint density at radius 1 is 1.37 bits per heavy atom. The molecule has 1 aromatic heterocycles. The number of rotatable bonds is 7. The third kappa shape index (κ3) is 6.92. The topological polar surface area (TPSA) is 63.2 Å². The van der Waals surface area contributed by atoms with Gasteiger partial charge >= 0.3 is 0 Å². The molecule has 0 saturated carbocycles. The molecule has 1 fully saturated rings. The molecule has 3 rings (SSSR count). The van der Waals surface area contributed by atoms with Gasteiger partial charge in [-0.3, -0.25) is 4.79 Å². The summed E-state index contributed by atoms with van der Waals surface area (Å²) in [4.78, 5) is 17.4. The molecule has 1 atom stereocenters. The predicted molar refractivity (Wildman–Crippen MR) is 110 cm³/mol. The molecule has 5 nitrogen and oxygen atoms in total. The first kappa shape index (κ1) is 23.6. The van der Waals surface area contributed by atoms with E-state index in [1.54, 1.807) is 12.1 Å². The summed E-state index contributed by atoms with van der Waals surface area (Å²) < 4.78 is 18.5. The van der Waals surface area contributed by atoms with Crippen molar-refractivity contribution in [2.75, 3.05) is 19.6 Å². The molecule has 0 bridgehead atoms. The van der Waals surface area contributed by atoms with Crippen molar-refractivity contribution in [1.82, 2.24) is 15.6 Å². The first-order valence-electron chi connectivity index (χ1n) is 8.45. The van der Waals surface area contributed by atoms with Crippen molar-refractivity contribution >= 4 is 42.1 Å². The van der Waals surface area contributed by atoms with Gasteiger partial charge in [-0.05, 0) is 63.0 Å². The minimum absolute atomic E-state index is 0. The van der Waals surface area contributed by atoms with Gasteiger partial charge in [-0.15, -0.1) is 36.2 Å². The molecule has 0 aliphatic carbocycles. The summed E-state index contributed by atoms with van der Waals surface area (Å²) in [5.41, 5.74) is 0.711. The van der Waals surface area contributed by atoms with E-state index in [2.05, 4.69) is 15.6 Å². The van der Waals surface area contributed by atoms with Crippen LogP contribution in [0.3, 0.4) is 0 Å². The highest BCUT2D eigenvalue weighted by atomic mass is 35.5. The van der Waals surface area contributed by atoms with Crippen molar-refractivity contribution < 1.29 is 13.9 Å². The van der Waals surface area contributed by atoms with E-state index in [4.69, 9.17) is 4.74 Å². The Morgan fingerprint density at radius 3 is 2.78 bits per heavy atom. The standard InChI is InChI=1S/C18H22FN3O2S.2ClH/c1-12-17(18(23)21-9-7-13-6-8-20-10-13)25-16(22-12)11-24-15-4-2-14(19)3-5-15;;/h2-5,13,20H,6-11H2,1H3,(H,21,23);2*1H. The van der Waals surface area contributed by atoms with Crippen LogP contribution in [-0.2, 0) is 6.61 Å². The molecule has 150 valence electrons. The van der Waals surface area contributed by atoms with Crippen molar-refractivity contribution in [3.63, 3.8) is 0 Å². The van der Waals surface area contributed by atoms with Crippen LogP contribution in [0.25, 0.3) is 0 Å². The third-order valence-corrected chi connectivity index (χ3v) is 5.35. The number of ether oxygens (including phenoxy) is 1. The van der Waals surface area contributed by atoms with Crippen LogP contribution in [0.1, 0.15) is 33.2 Å². The number of carbonyl (C=O) groups is 1. The lowest BCUT2D eigenvalue weighted by molar-refractivity contribution is 0.0955. The number of hydrogen-bond acceptors (Lipinski definition) is 5. The monoisotopic (exact) mass is 435 g/mol. The van der Waals surface area contributed by atoms with Crippen LogP contribution >= 0.6 is 36.2 Å². The molecule has 1 unspecified atom stereocenters. The van der Waals surface area contributed by atoms with Crippen molar-refractivity contribution in [3.05, 3.63) is 45.7 Å². The smallest absolute Gasteiger partial charge is 0.263 e. The molecule has 1 saturated heterocycles. The van der Waals surface area contributed by atoms with Crippen LogP contribution in [0, 0.1) is 18.7 Å². The highest BCUT2D eigenvalue weighted by molar-refractivity contribution is 7.13. The normalized spacial score (nSPS) is 15.6. The van der Waals surface area contributed by atoms with Crippen molar-refractivity contribution in [2.24, 2.45) is 5.92 Å². The molecule has 1 amide bonds. The number of aromatic nitrogens is 1. The summed E-state index contributed by atoms with van der Waals surface area (Å²) in [6, 6.07) is 5.84. The van der Waals surface area contributed by atoms with Gasteiger partial charge < -0.3 is 15.4 Å². The number of carbonyl (C=O) groups excluding carboxylic acids is 1. The Bertz CT molecular complexity index is 722. The highest BCUT2D eigenvalue weighted by Crippen LogP contribution is 2.21. The van der Waals surface area contributed by atoms with Crippen LogP contribution in [0.15, 0.2) is 24.3 Å². The molecular formula is C18H24Cl2FN3O2S. The second-order valence-electron chi connectivity index (χ2n) is 6.17. The van der Waals surface area contributed by atoms with Crippen LogP contribution in [0.5, 0.6) is 5.75 Å². The van der Waals surface area contributed by atoms with Crippen LogP contribution in [-0.4, -0.2) is 30.5 Å². The molecule has 27 heavy (non-hydrogen) atoms. The predicted octanol–water partition coefficient (Wildman–Crippen LogP) is 3.74. The van der Waals surface area contributed by atoms with Gasteiger partial charge in [0.05, 0.1) is 5.69 Å². The summed E-state index contributed by atoms with van der Waals surface area (Å²) >= 11 is 1.34. The Morgan fingerprint density at radius 2 is 2.11 bits per heavy atom. The first-order valence-corrected chi connectivity index (χ1v) is 9.27. The molecule has 1 aliphatic heterocycles. The zero-order chi connectivity index (χ0) is 17.6. The van der Waals surface area contributed by atoms with Gasteiger partial charge in [-0.1, -0.05) is 0 Å². The van der Waals surface area contributed by atoms with Gasteiger partial charge in [-0.2, -0.15) is 0 Å². The number of thiazole rings is 1. The largest absolute Gasteiger partial charge is 0.486 e. The lowest BCUT2D eigenvalue weighted by Gasteiger charge is -2.08. The average molecular weight is 436 g/mol. The SMILES string of the molecule is Cc1nc(COc2ccc(F)cc2)sc1C(=O)NCCC1CCNC1.Cl.Cl. The van der Waals surface area contributed by atoms with Crippen LogP contribution < -0.4 is 15.4 Å². The zero-order valence-corrected chi connectivity index (χ0v) is 17.4. The molecule has 1 aromatic carbocycles. The number of hydrogen-bond donors (Lipinski definition) is 2. The highest BCUT2D eigenvalue weighted by Gasteiger charge is 2.17. The maximum atomic E-state index is 12.9. The van der Waals surface area contributed by atoms with Gasteiger partial charge in [0.25, 0.3) is 5.91 Å². The molecule has 0 radical (unpaired) electrons. The number of aryl methyl sites for hydroxylation is 1. The fourth-order valence-electron chi connectivity index (χ4n) is 2.83. The van der Waals surface area contributed by atoms with E-state index in [1.807, 2.05) is 6.92 Å². The fraction of sp³-hybridized carbons (Fsp3) is 0.444. The summed E-state index contributed by atoms with van der Waals surface area (Å²) in [6.07, 6.45) is 2.18. The van der Waals surface area contributed by atoms with E-state index in [0.717, 1.165) is 24.5 Å². The number of nitrogens with zero attached hydrogens (tertiary/aromatic N) is 1. The summed E-state index contributed by atoms with van der Waals surface area (Å²) in [5, 5.41) is 7.04. The van der Waals surface area contributed by atoms with Gasteiger partial charge in [0.2, 0.25) is 0 Å². The number of halogens is 3. The first-order chi connectivity index (χ1) is 12.1. The minimum Gasteiger partial charge on any atom is -0.486 e. The lowest BCUT2D eigenvalue weighted by atomic mass is 10.1. The van der Waals surface area contributed by atoms with E-state index >= 15 is 0 Å². The van der Waals surface area contributed by atoms with Crippen molar-refractivity contribution in [1.29, 1.82) is 0 Å². The summed E-state index contributed by atoms with van der Waals surface area (Å²) in [6.45, 7) is 4.89. The van der Waals surface area contributed by atoms with E-state index in [1.165, 1.54) is 29.9 Å². The molecule has 0 spiro atoms. The van der Waals surface area contributed by atoms with Crippen LogP contribution in [0.2, 0.25) is 0 Å². The Hall–Kier alpha value is -1.41. The van der Waals surface area contributed by atoms with E-state index in [-0.39, 0.29) is 43.1 Å². The molecule has 2 N–H and O–H groups in total. The van der Waals surface area contributed by atoms with Crippen LogP contribution in [0.4, 0.5) is 4.39 Å². The van der Waals surface area contributed by atoms with Gasteiger partial charge in [0.1, 0.15) is 28.1 Å². The maximum Gasteiger partial charge on any atom is 0.263 e. The number of benzene rings is 1. The Labute approximate surface area is 174 Å². The lowest BCUT2D eigenvalue weighted by Crippen LogP contribution is -2.26. The fourth-order valence-corrected chi connectivity index (χ4v) is 3.73. The molecule has 2 aromatic rings. The quantitative estimate of drug-likeness (QED) is 0.694. The van der Waals surface area contributed by atoms with Crippen molar-refractivity contribution in [2.45, 2.75) is 26.4 Å². The number of nitrogens with one attached hydrogen (secondary N) is 2. The molecular weight excluding hydrogens is 412 g/mol. The molecule has 1 aliphatic rings. The van der Waals surface area contributed by atoms with E-state index < -0.39 is 0 Å². The van der Waals surface area contributed by atoms with Crippen molar-refractivity contribution in [3.8, 4) is 5.75 Å². The molecule has 9 heteroatoms. The van der Waals surface area contributed by atoms with E-state index in [0.29, 0.717) is 28.8 Å². The third-order valence-electron chi connectivity index (χ3n) is 4.22. The van der Waals surface area contributed by atoms with Gasteiger partial charge in [0, 0.05) is 6.54 Å². The van der Waals surface area contributed by atoms with E-state index in [9.17, 15) is 9.18 Å². The minimum atomic E-state index is -0.301. The number of amides is 1. The van der Waals surface area contributed by atoms with Gasteiger partial charge in [0.15, 0.2) is 0 Å². The average Bonchev–Trinajstić information content (AvgIpc) is 3.24. The molecule has 2 heterocycles. The second kappa shape index (κ2) is 11.4.